The number of benzene rings is 1. The van der Waals surface area contributed by atoms with Crippen molar-refractivity contribution in [3.05, 3.63) is 48.3 Å². The molecule has 5 nitrogen and oxygen atoms in total. The first kappa shape index (κ1) is 12.2. The Morgan fingerprint density at radius 2 is 2.33 bits per heavy atom. The summed E-state index contributed by atoms with van der Waals surface area (Å²) in [4.78, 5) is 11.8. The molecule has 0 aliphatic carbocycles. The van der Waals surface area contributed by atoms with Crippen LogP contribution in [0.1, 0.15) is 10.4 Å². The number of amides is 1. The number of hydrogen-bond acceptors (Lipinski definition) is 3. The number of carbonyl (C=O) groups excluding carboxylic acids is 1. The maximum absolute atomic E-state index is 11.8. The predicted molar refractivity (Wildman–Crippen MR) is 67.6 cm³/mol. The number of nitrogens with zero attached hydrogens (tertiary/aromatic N) is 2. The van der Waals surface area contributed by atoms with Crippen LogP contribution in [0.3, 0.4) is 0 Å². The lowest BCUT2D eigenvalue weighted by atomic mass is 10.2. The topological polar surface area (TPSA) is 56.1 Å². The van der Waals surface area contributed by atoms with Gasteiger partial charge in [-0.2, -0.15) is 5.10 Å². The fourth-order valence-corrected chi connectivity index (χ4v) is 1.58. The molecule has 0 fully saturated rings. The molecule has 0 saturated carbocycles. The van der Waals surface area contributed by atoms with E-state index in [9.17, 15) is 4.79 Å². The van der Waals surface area contributed by atoms with Gasteiger partial charge in [-0.15, -0.1) is 0 Å². The summed E-state index contributed by atoms with van der Waals surface area (Å²) in [5.41, 5.74) is 0.592. The minimum atomic E-state index is -0.110. The van der Waals surface area contributed by atoms with E-state index < -0.39 is 0 Å². The second-order valence-electron chi connectivity index (χ2n) is 3.76. The zero-order valence-corrected chi connectivity index (χ0v) is 10.2. The largest absolute Gasteiger partial charge is 0.497 e. The quantitative estimate of drug-likeness (QED) is 0.864. The van der Waals surface area contributed by atoms with Crippen LogP contribution in [-0.2, 0) is 6.54 Å². The fraction of sp³-hybridized carbons (Fsp3) is 0.231. The average molecular weight is 245 g/mol. The lowest BCUT2D eigenvalue weighted by Gasteiger charge is -2.06. The first-order chi connectivity index (χ1) is 8.79. The van der Waals surface area contributed by atoms with E-state index in [1.807, 2.05) is 12.3 Å². The number of ether oxygens (including phenoxy) is 1. The minimum absolute atomic E-state index is 0.110. The third-order valence-electron chi connectivity index (χ3n) is 2.52. The van der Waals surface area contributed by atoms with Crippen molar-refractivity contribution < 1.29 is 9.53 Å². The average Bonchev–Trinajstić information content (AvgIpc) is 2.92. The SMILES string of the molecule is COc1cccc(C(=O)NCCn2cccn2)c1. The van der Waals surface area contributed by atoms with Crippen molar-refractivity contribution in [3.8, 4) is 5.75 Å². The van der Waals surface area contributed by atoms with Crippen molar-refractivity contribution in [1.29, 1.82) is 0 Å². The van der Waals surface area contributed by atoms with Gasteiger partial charge in [-0.1, -0.05) is 6.07 Å². The van der Waals surface area contributed by atoms with Crippen LogP contribution in [-0.4, -0.2) is 29.3 Å². The van der Waals surface area contributed by atoms with Gasteiger partial charge in [-0.05, 0) is 24.3 Å². The van der Waals surface area contributed by atoms with Gasteiger partial charge in [0.25, 0.3) is 5.91 Å². The number of carbonyl (C=O) groups is 1. The van der Waals surface area contributed by atoms with E-state index in [0.29, 0.717) is 24.4 Å². The van der Waals surface area contributed by atoms with Crippen molar-refractivity contribution >= 4 is 5.91 Å². The van der Waals surface area contributed by atoms with Gasteiger partial charge in [0, 0.05) is 24.5 Å². The Labute approximate surface area is 105 Å². The number of aromatic nitrogens is 2. The van der Waals surface area contributed by atoms with Crippen LogP contribution >= 0.6 is 0 Å². The molecule has 1 N–H and O–H groups in total. The highest BCUT2D eigenvalue weighted by Crippen LogP contribution is 2.12. The fourth-order valence-electron chi connectivity index (χ4n) is 1.58. The highest BCUT2D eigenvalue weighted by atomic mass is 16.5. The third-order valence-corrected chi connectivity index (χ3v) is 2.52. The molecular weight excluding hydrogens is 230 g/mol. The lowest BCUT2D eigenvalue weighted by Crippen LogP contribution is -2.27. The second kappa shape index (κ2) is 5.86. The van der Waals surface area contributed by atoms with Crippen LogP contribution in [0.25, 0.3) is 0 Å². The van der Waals surface area contributed by atoms with Gasteiger partial charge in [0.05, 0.1) is 13.7 Å². The summed E-state index contributed by atoms with van der Waals surface area (Å²) in [5, 5.41) is 6.89. The summed E-state index contributed by atoms with van der Waals surface area (Å²) in [6.07, 6.45) is 3.57. The molecule has 18 heavy (non-hydrogen) atoms. The van der Waals surface area contributed by atoms with Gasteiger partial charge >= 0.3 is 0 Å². The summed E-state index contributed by atoms with van der Waals surface area (Å²) < 4.78 is 6.84. The number of hydrogen-bond donors (Lipinski definition) is 1. The highest BCUT2D eigenvalue weighted by molar-refractivity contribution is 5.94. The standard InChI is InChI=1S/C13H15N3O2/c1-18-12-5-2-4-11(10-12)13(17)14-7-9-16-8-3-6-15-16/h2-6,8,10H,7,9H2,1H3,(H,14,17). The molecule has 0 aliphatic heterocycles. The molecule has 0 saturated heterocycles. The van der Waals surface area contributed by atoms with E-state index in [4.69, 9.17) is 4.74 Å². The third kappa shape index (κ3) is 3.10. The molecule has 1 heterocycles. The molecule has 0 aliphatic rings. The molecule has 0 bridgehead atoms. The van der Waals surface area contributed by atoms with E-state index >= 15 is 0 Å². The van der Waals surface area contributed by atoms with E-state index in [1.54, 1.807) is 42.3 Å². The number of nitrogens with one attached hydrogen (secondary N) is 1. The lowest BCUT2D eigenvalue weighted by molar-refractivity contribution is 0.0951. The molecule has 0 unspecified atom stereocenters. The van der Waals surface area contributed by atoms with Crippen LogP contribution in [0.5, 0.6) is 5.75 Å². The monoisotopic (exact) mass is 245 g/mol. The van der Waals surface area contributed by atoms with Crippen molar-refractivity contribution in [2.45, 2.75) is 6.54 Å². The summed E-state index contributed by atoms with van der Waals surface area (Å²) in [7, 11) is 1.58. The Balaban J connectivity index is 1.87. The molecular formula is C13H15N3O2. The van der Waals surface area contributed by atoms with Crippen LogP contribution < -0.4 is 10.1 Å². The Kier molecular flexibility index (Phi) is 3.96. The maximum Gasteiger partial charge on any atom is 0.251 e. The second-order valence-corrected chi connectivity index (χ2v) is 3.76. The predicted octanol–water partition coefficient (Wildman–Crippen LogP) is 1.32. The highest BCUT2D eigenvalue weighted by Gasteiger charge is 2.05. The first-order valence-electron chi connectivity index (χ1n) is 5.69. The summed E-state index contributed by atoms with van der Waals surface area (Å²) in [6.45, 7) is 1.19. The summed E-state index contributed by atoms with van der Waals surface area (Å²) >= 11 is 0. The van der Waals surface area contributed by atoms with Crippen molar-refractivity contribution in [2.75, 3.05) is 13.7 Å². The van der Waals surface area contributed by atoms with Gasteiger partial charge in [0.1, 0.15) is 5.75 Å². The van der Waals surface area contributed by atoms with Gasteiger partial charge in [-0.3, -0.25) is 9.48 Å². The molecule has 1 aromatic carbocycles. The summed E-state index contributed by atoms with van der Waals surface area (Å²) in [5.74, 6) is 0.566. The van der Waals surface area contributed by atoms with E-state index in [-0.39, 0.29) is 5.91 Å². The van der Waals surface area contributed by atoms with Crippen molar-refractivity contribution in [2.24, 2.45) is 0 Å². The molecule has 5 heteroatoms. The molecule has 1 aromatic heterocycles. The molecule has 2 aromatic rings. The van der Waals surface area contributed by atoms with Gasteiger partial charge in [0.15, 0.2) is 0 Å². The number of methoxy groups -OCH3 is 1. The van der Waals surface area contributed by atoms with Gasteiger partial charge in [0.2, 0.25) is 0 Å². The zero-order valence-electron chi connectivity index (χ0n) is 10.2. The van der Waals surface area contributed by atoms with Crippen LogP contribution in [0.4, 0.5) is 0 Å². The molecule has 1 amide bonds. The molecule has 94 valence electrons. The van der Waals surface area contributed by atoms with E-state index in [2.05, 4.69) is 10.4 Å². The molecule has 2 rings (SSSR count). The molecule has 0 radical (unpaired) electrons. The summed E-state index contributed by atoms with van der Waals surface area (Å²) in [6, 6.07) is 8.92. The maximum atomic E-state index is 11.8. The zero-order chi connectivity index (χ0) is 12.8. The molecule has 0 spiro atoms. The first-order valence-corrected chi connectivity index (χ1v) is 5.69. The van der Waals surface area contributed by atoms with Gasteiger partial charge < -0.3 is 10.1 Å². The van der Waals surface area contributed by atoms with Crippen LogP contribution in [0, 0.1) is 0 Å². The number of rotatable bonds is 5. The minimum Gasteiger partial charge on any atom is -0.497 e. The normalized spacial score (nSPS) is 10.1. The van der Waals surface area contributed by atoms with Crippen LogP contribution in [0.2, 0.25) is 0 Å². The van der Waals surface area contributed by atoms with Crippen molar-refractivity contribution in [3.63, 3.8) is 0 Å². The van der Waals surface area contributed by atoms with E-state index in [1.165, 1.54) is 0 Å². The van der Waals surface area contributed by atoms with E-state index in [0.717, 1.165) is 0 Å². The van der Waals surface area contributed by atoms with Gasteiger partial charge in [-0.25, -0.2) is 0 Å². The Morgan fingerprint density at radius 3 is 3.06 bits per heavy atom. The molecule has 0 atom stereocenters. The Morgan fingerprint density at radius 1 is 1.44 bits per heavy atom. The van der Waals surface area contributed by atoms with Crippen LogP contribution in [0.15, 0.2) is 42.7 Å². The smallest absolute Gasteiger partial charge is 0.251 e. The Hall–Kier alpha value is -2.30. The van der Waals surface area contributed by atoms with Crippen molar-refractivity contribution in [1.82, 2.24) is 15.1 Å². The Bertz CT molecular complexity index is 509.